The lowest BCUT2D eigenvalue weighted by atomic mass is 10.2. The van der Waals surface area contributed by atoms with E-state index in [-0.39, 0.29) is 11.9 Å². The molecule has 100 valence electrons. The normalized spacial score (nSPS) is 19.3. The Balaban J connectivity index is 1.93. The molecule has 0 radical (unpaired) electrons. The third-order valence-corrected chi connectivity index (χ3v) is 4.05. The van der Waals surface area contributed by atoms with E-state index in [4.69, 9.17) is 16.0 Å². The van der Waals surface area contributed by atoms with Gasteiger partial charge < -0.3 is 9.32 Å². The summed E-state index contributed by atoms with van der Waals surface area (Å²) in [6.45, 7) is 2.80. The average molecular weight is 278 g/mol. The second kappa shape index (κ2) is 4.89. The third kappa shape index (κ3) is 2.23. The van der Waals surface area contributed by atoms with Gasteiger partial charge in [-0.25, -0.2) is 0 Å². The molecule has 1 amide bonds. The van der Waals surface area contributed by atoms with Gasteiger partial charge in [0.15, 0.2) is 5.76 Å². The predicted octanol–water partition coefficient (Wildman–Crippen LogP) is 3.58. The first-order valence-electron chi connectivity index (χ1n) is 6.56. The van der Waals surface area contributed by atoms with E-state index in [1.165, 1.54) is 0 Å². The molecular formula is C15H16ClNO2. The summed E-state index contributed by atoms with van der Waals surface area (Å²) in [7, 11) is 0. The highest BCUT2D eigenvalue weighted by atomic mass is 35.5. The van der Waals surface area contributed by atoms with Gasteiger partial charge in [0, 0.05) is 23.9 Å². The molecule has 1 aliphatic rings. The maximum absolute atomic E-state index is 12.4. The number of halogens is 1. The molecule has 1 atom stereocenters. The van der Waals surface area contributed by atoms with Crippen LogP contribution in [-0.4, -0.2) is 29.3 Å². The molecule has 0 spiro atoms. The van der Waals surface area contributed by atoms with Gasteiger partial charge >= 0.3 is 0 Å². The van der Waals surface area contributed by atoms with Gasteiger partial charge in [0.05, 0.1) is 0 Å². The van der Waals surface area contributed by atoms with E-state index in [2.05, 4.69) is 0 Å². The molecule has 1 aromatic heterocycles. The monoisotopic (exact) mass is 277 g/mol. The molecule has 0 saturated carbocycles. The molecule has 1 fully saturated rings. The molecule has 3 nitrogen and oxygen atoms in total. The fraction of sp³-hybridized carbons (Fsp3) is 0.400. The van der Waals surface area contributed by atoms with Gasteiger partial charge in [-0.3, -0.25) is 4.79 Å². The van der Waals surface area contributed by atoms with Crippen molar-refractivity contribution in [2.24, 2.45) is 0 Å². The molecule has 0 N–H and O–H groups in total. The van der Waals surface area contributed by atoms with Crippen LogP contribution in [0.15, 0.2) is 28.7 Å². The van der Waals surface area contributed by atoms with Crippen LogP contribution in [0.2, 0.25) is 0 Å². The number of alkyl halides is 1. The van der Waals surface area contributed by atoms with E-state index >= 15 is 0 Å². The highest BCUT2D eigenvalue weighted by molar-refractivity contribution is 6.18. The summed E-state index contributed by atoms with van der Waals surface area (Å²) in [6.07, 6.45) is 2.00. The Morgan fingerprint density at radius 3 is 3.11 bits per heavy atom. The number of benzene rings is 1. The number of carbonyl (C=O) groups is 1. The number of fused-ring (bicyclic) bond motifs is 1. The van der Waals surface area contributed by atoms with Gasteiger partial charge in [0.25, 0.3) is 5.91 Å². The number of likely N-dealkylation sites (tertiary alicyclic amines) is 1. The molecule has 19 heavy (non-hydrogen) atoms. The standard InChI is InChI=1S/C15H16ClNO2/c1-10-4-5-13-11(7-10)8-14(19-13)15(18)17-6-2-3-12(17)9-16/h4-5,7-8,12H,2-3,6,9H2,1H3. The Morgan fingerprint density at radius 2 is 2.32 bits per heavy atom. The lowest BCUT2D eigenvalue weighted by Gasteiger charge is -2.21. The fourth-order valence-corrected chi connectivity index (χ4v) is 2.99. The Hall–Kier alpha value is -1.48. The summed E-state index contributed by atoms with van der Waals surface area (Å²) in [5.74, 6) is 0.861. The molecule has 0 aliphatic carbocycles. The zero-order chi connectivity index (χ0) is 13.4. The number of hydrogen-bond acceptors (Lipinski definition) is 2. The van der Waals surface area contributed by atoms with E-state index < -0.39 is 0 Å². The van der Waals surface area contributed by atoms with Crippen LogP contribution in [0.4, 0.5) is 0 Å². The van der Waals surface area contributed by atoms with Crippen LogP contribution >= 0.6 is 11.6 Å². The molecule has 1 saturated heterocycles. The van der Waals surface area contributed by atoms with E-state index in [1.54, 1.807) is 0 Å². The van der Waals surface area contributed by atoms with Gasteiger partial charge in [-0.1, -0.05) is 11.6 Å². The Labute approximate surface area is 117 Å². The van der Waals surface area contributed by atoms with Crippen LogP contribution in [0.3, 0.4) is 0 Å². The summed E-state index contributed by atoms with van der Waals surface area (Å²) >= 11 is 5.91. The fourth-order valence-electron chi connectivity index (χ4n) is 2.67. The lowest BCUT2D eigenvalue weighted by molar-refractivity contribution is 0.0719. The van der Waals surface area contributed by atoms with E-state index in [1.807, 2.05) is 36.1 Å². The SMILES string of the molecule is Cc1ccc2oc(C(=O)N3CCCC3CCl)cc2c1. The number of hydrogen-bond donors (Lipinski definition) is 0. The zero-order valence-corrected chi connectivity index (χ0v) is 11.6. The van der Waals surface area contributed by atoms with Crippen LogP contribution in [-0.2, 0) is 0 Å². The average Bonchev–Trinajstić information content (AvgIpc) is 3.03. The maximum atomic E-state index is 12.4. The van der Waals surface area contributed by atoms with Crippen molar-refractivity contribution < 1.29 is 9.21 Å². The minimum Gasteiger partial charge on any atom is -0.451 e. The first-order valence-corrected chi connectivity index (χ1v) is 7.09. The van der Waals surface area contributed by atoms with E-state index in [0.717, 1.165) is 35.9 Å². The topological polar surface area (TPSA) is 33.5 Å². The third-order valence-electron chi connectivity index (χ3n) is 3.70. The van der Waals surface area contributed by atoms with Crippen molar-refractivity contribution in [1.29, 1.82) is 0 Å². The zero-order valence-electron chi connectivity index (χ0n) is 10.9. The number of aryl methyl sites for hydroxylation is 1. The molecular weight excluding hydrogens is 262 g/mol. The van der Waals surface area contributed by atoms with Crippen molar-refractivity contribution >= 4 is 28.5 Å². The molecule has 2 heterocycles. The molecule has 3 rings (SSSR count). The van der Waals surface area contributed by atoms with Crippen molar-refractivity contribution in [3.63, 3.8) is 0 Å². The van der Waals surface area contributed by atoms with Crippen LogP contribution < -0.4 is 0 Å². The van der Waals surface area contributed by atoms with E-state index in [9.17, 15) is 4.79 Å². The summed E-state index contributed by atoms with van der Waals surface area (Å²) in [5, 5.41) is 0.977. The predicted molar refractivity (Wildman–Crippen MR) is 75.7 cm³/mol. The van der Waals surface area contributed by atoms with Crippen LogP contribution in [0.25, 0.3) is 11.0 Å². The summed E-state index contributed by atoms with van der Waals surface area (Å²) < 4.78 is 5.66. The van der Waals surface area contributed by atoms with Crippen molar-refractivity contribution in [1.82, 2.24) is 4.90 Å². The quantitative estimate of drug-likeness (QED) is 0.786. The number of carbonyl (C=O) groups excluding carboxylic acids is 1. The molecule has 0 bridgehead atoms. The number of rotatable bonds is 2. The highest BCUT2D eigenvalue weighted by Gasteiger charge is 2.30. The summed E-state index contributed by atoms with van der Waals surface area (Å²) in [4.78, 5) is 14.3. The Morgan fingerprint density at radius 1 is 1.47 bits per heavy atom. The van der Waals surface area contributed by atoms with Gasteiger partial charge in [-0.05, 0) is 38.0 Å². The van der Waals surface area contributed by atoms with Crippen molar-refractivity contribution in [2.75, 3.05) is 12.4 Å². The molecule has 2 aromatic rings. The number of furan rings is 1. The van der Waals surface area contributed by atoms with E-state index in [0.29, 0.717) is 11.6 Å². The summed E-state index contributed by atoms with van der Waals surface area (Å²) in [6, 6.07) is 7.89. The minimum absolute atomic E-state index is 0.0444. The molecule has 1 aromatic carbocycles. The second-order valence-electron chi connectivity index (χ2n) is 5.10. The molecule has 1 unspecified atom stereocenters. The first-order chi connectivity index (χ1) is 9.19. The Kier molecular flexibility index (Phi) is 3.23. The highest BCUT2D eigenvalue weighted by Crippen LogP contribution is 2.25. The maximum Gasteiger partial charge on any atom is 0.289 e. The second-order valence-corrected chi connectivity index (χ2v) is 5.41. The van der Waals surface area contributed by atoms with Crippen LogP contribution in [0, 0.1) is 6.92 Å². The molecule has 4 heteroatoms. The van der Waals surface area contributed by atoms with Crippen molar-refractivity contribution in [2.45, 2.75) is 25.8 Å². The van der Waals surface area contributed by atoms with Gasteiger partial charge in [-0.2, -0.15) is 0 Å². The largest absolute Gasteiger partial charge is 0.451 e. The number of nitrogens with zero attached hydrogens (tertiary/aromatic N) is 1. The van der Waals surface area contributed by atoms with Crippen molar-refractivity contribution in [3.05, 3.63) is 35.6 Å². The lowest BCUT2D eigenvalue weighted by Crippen LogP contribution is -2.36. The van der Waals surface area contributed by atoms with Gasteiger partial charge in [-0.15, -0.1) is 11.6 Å². The van der Waals surface area contributed by atoms with Crippen molar-refractivity contribution in [3.8, 4) is 0 Å². The van der Waals surface area contributed by atoms with Gasteiger partial charge in [0.1, 0.15) is 5.58 Å². The molecule has 1 aliphatic heterocycles. The Bertz CT molecular complexity index is 620. The van der Waals surface area contributed by atoms with Crippen LogP contribution in [0.5, 0.6) is 0 Å². The van der Waals surface area contributed by atoms with Gasteiger partial charge in [0.2, 0.25) is 0 Å². The first kappa shape index (κ1) is 12.5. The number of amides is 1. The van der Waals surface area contributed by atoms with Crippen LogP contribution in [0.1, 0.15) is 29.0 Å². The minimum atomic E-state index is -0.0444. The summed E-state index contributed by atoms with van der Waals surface area (Å²) in [5.41, 5.74) is 1.92. The smallest absolute Gasteiger partial charge is 0.289 e.